The number of carboxylic acid groups (broad SMARTS) is 1. The minimum atomic E-state index is -0.843. The Balaban J connectivity index is 0.00000312. The van der Waals surface area contributed by atoms with Crippen LogP contribution in [0.5, 0.6) is 5.75 Å². The molecule has 4 nitrogen and oxygen atoms in total. The van der Waals surface area contributed by atoms with Gasteiger partial charge in [0.2, 0.25) is 0 Å². The maximum absolute atomic E-state index is 10.9. The van der Waals surface area contributed by atoms with Crippen molar-refractivity contribution in [2.24, 2.45) is 0 Å². The zero-order valence-electron chi connectivity index (χ0n) is 14.4. The highest BCUT2D eigenvalue weighted by Gasteiger charge is 2.12. The molecular formula is C20H23NO3S. The van der Waals surface area contributed by atoms with E-state index < -0.39 is 5.97 Å². The van der Waals surface area contributed by atoms with Crippen LogP contribution in [0.3, 0.4) is 0 Å². The Morgan fingerprint density at radius 3 is 2.32 bits per heavy atom. The molecule has 2 rings (SSSR count). The van der Waals surface area contributed by atoms with Crippen molar-refractivity contribution in [1.82, 2.24) is 0 Å². The minimum absolute atomic E-state index is 0. The van der Waals surface area contributed by atoms with Gasteiger partial charge in [-0.3, -0.25) is 4.79 Å². The zero-order chi connectivity index (χ0) is 17.4. The van der Waals surface area contributed by atoms with Gasteiger partial charge in [-0.15, -0.1) is 5.92 Å². The van der Waals surface area contributed by atoms with Crippen molar-refractivity contribution in [3.05, 3.63) is 59.7 Å². The first-order chi connectivity index (χ1) is 11.6. The molecule has 2 aromatic carbocycles. The predicted molar refractivity (Wildman–Crippen MR) is 106 cm³/mol. The van der Waals surface area contributed by atoms with Crippen molar-refractivity contribution < 1.29 is 14.6 Å². The average Bonchev–Trinajstić information content (AvgIpc) is 2.60. The van der Waals surface area contributed by atoms with Gasteiger partial charge in [0.15, 0.2) is 0 Å². The number of carboxylic acids is 1. The second-order valence-electron chi connectivity index (χ2n) is 5.37. The number of rotatable bonds is 7. The van der Waals surface area contributed by atoms with Crippen LogP contribution in [0.15, 0.2) is 48.5 Å². The minimum Gasteiger partial charge on any atom is -0.497 e. The smallest absolute Gasteiger partial charge is 0.304 e. The van der Waals surface area contributed by atoms with Crippen LogP contribution in [0, 0.1) is 11.8 Å². The summed E-state index contributed by atoms with van der Waals surface area (Å²) >= 11 is 0. The molecule has 2 N–H and O–H groups in total. The van der Waals surface area contributed by atoms with Gasteiger partial charge < -0.3 is 15.2 Å². The fourth-order valence-corrected chi connectivity index (χ4v) is 2.38. The first kappa shape index (κ1) is 20.5. The number of ether oxygens (including phenoxy) is 1. The van der Waals surface area contributed by atoms with Crippen LogP contribution < -0.4 is 10.1 Å². The van der Waals surface area contributed by atoms with Gasteiger partial charge in [0.05, 0.1) is 19.4 Å². The van der Waals surface area contributed by atoms with Gasteiger partial charge in [-0.2, -0.15) is 13.5 Å². The lowest BCUT2D eigenvalue weighted by Gasteiger charge is -2.11. The van der Waals surface area contributed by atoms with E-state index in [0.29, 0.717) is 6.54 Å². The quantitative estimate of drug-likeness (QED) is 0.735. The molecule has 0 heterocycles. The van der Waals surface area contributed by atoms with E-state index >= 15 is 0 Å². The number of anilines is 1. The summed E-state index contributed by atoms with van der Waals surface area (Å²) in [5.74, 6) is 5.48. The summed E-state index contributed by atoms with van der Waals surface area (Å²) in [6, 6.07) is 15.6. The van der Waals surface area contributed by atoms with Crippen LogP contribution in [0.25, 0.3) is 0 Å². The van der Waals surface area contributed by atoms with Crippen LogP contribution in [-0.4, -0.2) is 18.2 Å². The van der Waals surface area contributed by atoms with E-state index in [-0.39, 0.29) is 25.8 Å². The Kier molecular flexibility index (Phi) is 8.45. The molecule has 0 bridgehead atoms. The predicted octanol–water partition coefficient (Wildman–Crippen LogP) is 4.00. The van der Waals surface area contributed by atoms with Crippen LogP contribution in [0.4, 0.5) is 5.69 Å². The van der Waals surface area contributed by atoms with E-state index in [0.717, 1.165) is 22.6 Å². The van der Waals surface area contributed by atoms with Crippen molar-refractivity contribution in [2.75, 3.05) is 12.4 Å². The largest absolute Gasteiger partial charge is 0.497 e. The first-order valence-corrected chi connectivity index (χ1v) is 7.73. The van der Waals surface area contributed by atoms with Crippen LogP contribution in [-0.2, 0) is 11.3 Å². The average molecular weight is 357 g/mol. The third kappa shape index (κ3) is 6.44. The highest BCUT2D eigenvalue weighted by molar-refractivity contribution is 7.59. The van der Waals surface area contributed by atoms with Gasteiger partial charge in [-0.1, -0.05) is 30.2 Å². The van der Waals surface area contributed by atoms with E-state index in [9.17, 15) is 4.79 Å². The van der Waals surface area contributed by atoms with Crippen LogP contribution in [0.2, 0.25) is 0 Å². The molecule has 5 heteroatoms. The van der Waals surface area contributed by atoms with Gasteiger partial charge in [0, 0.05) is 12.2 Å². The molecule has 0 aromatic heterocycles. The van der Waals surface area contributed by atoms with Gasteiger partial charge in [-0.05, 0) is 42.3 Å². The number of methoxy groups -OCH3 is 1. The summed E-state index contributed by atoms with van der Waals surface area (Å²) in [6.07, 6.45) is 0.0134. The highest BCUT2D eigenvalue weighted by atomic mass is 32.1. The van der Waals surface area contributed by atoms with E-state index in [4.69, 9.17) is 9.84 Å². The molecule has 25 heavy (non-hydrogen) atoms. The van der Waals surface area contributed by atoms with Gasteiger partial charge >= 0.3 is 5.97 Å². The summed E-state index contributed by atoms with van der Waals surface area (Å²) < 4.78 is 5.14. The van der Waals surface area contributed by atoms with Gasteiger partial charge in [-0.25, -0.2) is 0 Å². The summed E-state index contributed by atoms with van der Waals surface area (Å²) in [6.45, 7) is 2.43. The maximum Gasteiger partial charge on any atom is 0.304 e. The number of hydrogen-bond donors (Lipinski definition) is 2. The molecule has 0 fully saturated rings. The Labute approximate surface area is 155 Å². The summed E-state index contributed by atoms with van der Waals surface area (Å²) in [7, 11) is 1.65. The number of carbonyl (C=O) groups is 1. The Morgan fingerprint density at radius 1 is 1.16 bits per heavy atom. The van der Waals surface area contributed by atoms with Gasteiger partial charge in [0.25, 0.3) is 0 Å². The Hall–Kier alpha value is -2.58. The lowest BCUT2D eigenvalue weighted by atomic mass is 9.96. The normalized spacial score (nSPS) is 10.6. The van der Waals surface area contributed by atoms with E-state index in [1.165, 1.54) is 0 Å². The second-order valence-corrected chi connectivity index (χ2v) is 5.37. The van der Waals surface area contributed by atoms with Crippen molar-refractivity contribution in [3.8, 4) is 17.6 Å². The van der Waals surface area contributed by atoms with Crippen LogP contribution in [0.1, 0.15) is 30.4 Å². The molecule has 1 atom stereocenters. The summed E-state index contributed by atoms with van der Waals surface area (Å²) in [5.41, 5.74) is 3.05. The molecule has 0 radical (unpaired) electrons. The number of aliphatic carboxylic acids is 1. The molecule has 0 aliphatic heterocycles. The maximum atomic E-state index is 10.9. The van der Waals surface area contributed by atoms with Crippen molar-refractivity contribution in [3.63, 3.8) is 0 Å². The Bertz CT molecular complexity index is 730. The highest BCUT2D eigenvalue weighted by Crippen LogP contribution is 2.21. The number of nitrogens with one attached hydrogen (secondary N) is 1. The molecule has 132 valence electrons. The molecule has 0 spiro atoms. The van der Waals surface area contributed by atoms with Gasteiger partial charge in [0.1, 0.15) is 5.75 Å². The van der Waals surface area contributed by atoms with E-state index in [1.807, 2.05) is 48.5 Å². The van der Waals surface area contributed by atoms with Crippen molar-refractivity contribution in [1.29, 1.82) is 0 Å². The SMILES string of the molecule is CC#C[C@@H](CC(=O)O)c1ccc(NCc2ccc(OC)cc2)cc1.S. The third-order valence-corrected chi connectivity index (χ3v) is 3.67. The lowest BCUT2D eigenvalue weighted by Crippen LogP contribution is -2.05. The molecule has 0 aliphatic carbocycles. The first-order valence-electron chi connectivity index (χ1n) is 7.73. The Morgan fingerprint density at radius 2 is 1.80 bits per heavy atom. The van der Waals surface area contributed by atoms with E-state index in [2.05, 4.69) is 17.2 Å². The molecule has 2 aromatic rings. The molecular weight excluding hydrogens is 334 g/mol. The molecule has 0 unspecified atom stereocenters. The fourth-order valence-electron chi connectivity index (χ4n) is 2.38. The topological polar surface area (TPSA) is 58.6 Å². The second kappa shape index (κ2) is 10.3. The number of benzene rings is 2. The van der Waals surface area contributed by atoms with Crippen molar-refractivity contribution >= 4 is 25.2 Å². The standard InChI is InChI=1S/C20H21NO3.H2S/c1-3-4-17(13-20(22)23)16-7-9-18(10-8-16)21-14-15-5-11-19(24-2)12-6-15;/h5-12,17,21H,13-14H2,1-2H3,(H,22,23);1H2/t17-;/m0./s1. The monoisotopic (exact) mass is 357 g/mol. The lowest BCUT2D eigenvalue weighted by molar-refractivity contribution is -0.137. The van der Waals surface area contributed by atoms with Crippen LogP contribution >= 0.6 is 13.5 Å². The molecule has 0 saturated heterocycles. The van der Waals surface area contributed by atoms with Crippen molar-refractivity contribution in [2.45, 2.75) is 25.8 Å². The molecule has 0 amide bonds. The third-order valence-electron chi connectivity index (χ3n) is 3.67. The molecule has 0 aliphatic rings. The zero-order valence-corrected chi connectivity index (χ0v) is 15.4. The summed E-state index contributed by atoms with van der Waals surface area (Å²) in [4.78, 5) is 10.9. The molecule has 0 saturated carbocycles. The van der Waals surface area contributed by atoms with E-state index in [1.54, 1.807) is 14.0 Å². The summed E-state index contributed by atoms with van der Waals surface area (Å²) in [5, 5.41) is 12.3. The number of hydrogen-bond acceptors (Lipinski definition) is 3. The fraction of sp³-hybridized carbons (Fsp3) is 0.250.